The molecule has 0 saturated heterocycles. The Balaban J connectivity index is 2.44. The Kier molecular flexibility index (Phi) is 14.1. The number of carbonyl (C=O) groups excluding carboxylic acids is 2. The van der Waals surface area contributed by atoms with Crippen molar-refractivity contribution in [2.45, 2.75) is 32.2 Å². The van der Waals surface area contributed by atoms with Gasteiger partial charge in [0.15, 0.2) is 0 Å². The zero-order chi connectivity index (χ0) is 22.2. The highest BCUT2D eigenvalue weighted by molar-refractivity contribution is 8.76. The van der Waals surface area contributed by atoms with Crippen molar-refractivity contribution in [2.24, 2.45) is 0 Å². The fourth-order valence-corrected chi connectivity index (χ4v) is 3.86. The lowest BCUT2D eigenvalue weighted by molar-refractivity contribution is -0.125. The monoisotopic (exact) mass is 453 g/mol. The Hall–Kier alpha value is -1.70. The summed E-state index contributed by atoms with van der Waals surface area (Å²) in [5, 5.41) is 8.56. The SMILES string of the molecule is CC#CNC(=O)COCCOC(SSC)c1ccc(C(=O)NCCNC(C)C)cc1. The quantitative estimate of drug-likeness (QED) is 0.131. The van der Waals surface area contributed by atoms with Crippen LogP contribution in [0.15, 0.2) is 24.3 Å². The number of benzene rings is 1. The molecular formula is C21H31N3O4S2. The molecule has 0 aromatic heterocycles. The largest absolute Gasteiger partial charge is 0.369 e. The summed E-state index contributed by atoms with van der Waals surface area (Å²) in [5.74, 6) is 2.20. The molecule has 1 aromatic carbocycles. The number of rotatable bonds is 14. The highest BCUT2D eigenvalue weighted by Crippen LogP contribution is 2.37. The van der Waals surface area contributed by atoms with E-state index in [1.54, 1.807) is 40.6 Å². The molecule has 7 nitrogen and oxygen atoms in total. The molecule has 0 fully saturated rings. The van der Waals surface area contributed by atoms with Gasteiger partial charge < -0.3 is 20.1 Å². The number of amides is 2. The van der Waals surface area contributed by atoms with Gasteiger partial charge >= 0.3 is 0 Å². The van der Waals surface area contributed by atoms with Gasteiger partial charge in [0.2, 0.25) is 0 Å². The summed E-state index contributed by atoms with van der Waals surface area (Å²) < 4.78 is 11.2. The summed E-state index contributed by atoms with van der Waals surface area (Å²) in [6, 6.07) is 10.3. The van der Waals surface area contributed by atoms with E-state index in [1.165, 1.54) is 0 Å². The van der Waals surface area contributed by atoms with E-state index in [9.17, 15) is 9.59 Å². The summed E-state index contributed by atoms with van der Waals surface area (Å²) >= 11 is 0. The Morgan fingerprint density at radius 3 is 2.50 bits per heavy atom. The average Bonchev–Trinajstić information content (AvgIpc) is 2.74. The molecule has 0 spiro atoms. The number of nitrogens with one attached hydrogen (secondary N) is 3. The molecule has 0 heterocycles. The predicted molar refractivity (Wildman–Crippen MR) is 124 cm³/mol. The van der Waals surface area contributed by atoms with E-state index in [0.29, 0.717) is 31.4 Å². The van der Waals surface area contributed by atoms with Crippen molar-refractivity contribution in [3.8, 4) is 12.0 Å². The summed E-state index contributed by atoms with van der Waals surface area (Å²) in [5.41, 5.74) is 1.37. The van der Waals surface area contributed by atoms with E-state index >= 15 is 0 Å². The number of hydrogen-bond donors (Lipinski definition) is 3. The fourth-order valence-electron chi connectivity index (χ4n) is 2.24. The first kappa shape index (κ1) is 26.3. The highest BCUT2D eigenvalue weighted by atomic mass is 33.1. The van der Waals surface area contributed by atoms with E-state index in [4.69, 9.17) is 9.47 Å². The molecule has 2 amide bonds. The lowest BCUT2D eigenvalue weighted by Gasteiger charge is -2.17. The molecule has 0 aliphatic rings. The molecule has 1 rings (SSSR count). The van der Waals surface area contributed by atoms with Gasteiger partial charge in [-0.1, -0.05) is 53.5 Å². The van der Waals surface area contributed by atoms with Crippen molar-refractivity contribution in [1.82, 2.24) is 16.0 Å². The van der Waals surface area contributed by atoms with Crippen LogP contribution < -0.4 is 16.0 Å². The normalized spacial score (nSPS) is 11.5. The molecule has 166 valence electrons. The van der Waals surface area contributed by atoms with Crippen molar-refractivity contribution >= 4 is 33.4 Å². The topological polar surface area (TPSA) is 88.7 Å². The third-order valence-corrected chi connectivity index (χ3v) is 5.53. The molecule has 30 heavy (non-hydrogen) atoms. The van der Waals surface area contributed by atoms with Crippen molar-refractivity contribution in [2.75, 3.05) is 39.2 Å². The maximum Gasteiger partial charge on any atom is 0.257 e. The fraction of sp³-hybridized carbons (Fsp3) is 0.524. The first-order chi connectivity index (χ1) is 14.5. The lowest BCUT2D eigenvalue weighted by atomic mass is 10.1. The van der Waals surface area contributed by atoms with Crippen LogP contribution in [0.4, 0.5) is 0 Å². The van der Waals surface area contributed by atoms with Crippen molar-refractivity contribution in [3.63, 3.8) is 0 Å². The molecular weight excluding hydrogens is 422 g/mol. The van der Waals surface area contributed by atoms with Gasteiger partial charge in [-0.05, 0) is 30.9 Å². The highest BCUT2D eigenvalue weighted by Gasteiger charge is 2.14. The molecule has 0 saturated carbocycles. The van der Waals surface area contributed by atoms with Gasteiger partial charge in [-0.2, -0.15) is 0 Å². The minimum Gasteiger partial charge on any atom is -0.369 e. The maximum atomic E-state index is 12.2. The van der Waals surface area contributed by atoms with Crippen LogP contribution in [0, 0.1) is 12.0 Å². The lowest BCUT2D eigenvalue weighted by Crippen LogP contribution is -2.34. The van der Waals surface area contributed by atoms with Crippen LogP contribution in [0.5, 0.6) is 0 Å². The number of carbonyl (C=O) groups is 2. The third-order valence-electron chi connectivity index (χ3n) is 3.65. The second kappa shape index (κ2) is 16.1. The Bertz CT molecular complexity index is 702. The Morgan fingerprint density at radius 1 is 1.13 bits per heavy atom. The zero-order valence-corrected chi connectivity index (χ0v) is 19.6. The molecule has 0 bridgehead atoms. The van der Waals surface area contributed by atoms with Gasteiger partial charge in [0.05, 0.1) is 13.2 Å². The number of ether oxygens (including phenoxy) is 2. The number of hydrogen-bond acceptors (Lipinski definition) is 7. The second-order valence-corrected chi connectivity index (χ2v) is 8.96. The second-order valence-electron chi connectivity index (χ2n) is 6.43. The van der Waals surface area contributed by atoms with Crippen LogP contribution in [0.3, 0.4) is 0 Å². The van der Waals surface area contributed by atoms with Crippen LogP contribution >= 0.6 is 21.6 Å². The smallest absolute Gasteiger partial charge is 0.257 e. The van der Waals surface area contributed by atoms with Gasteiger partial charge in [-0.15, -0.1) is 0 Å². The van der Waals surface area contributed by atoms with E-state index < -0.39 is 0 Å². The first-order valence-corrected chi connectivity index (χ1v) is 12.3. The molecule has 1 atom stereocenters. The first-order valence-electron chi connectivity index (χ1n) is 9.68. The van der Waals surface area contributed by atoms with Gasteiger partial charge in [0, 0.05) is 30.7 Å². The van der Waals surface area contributed by atoms with Gasteiger partial charge in [0.1, 0.15) is 12.0 Å². The molecule has 3 N–H and O–H groups in total. The zero-order valence-electron chi connectivity index (χ0n) is 17.9. The van der Waals surface area contributed by atoms with E-state index in [2.05, 4.69) is 41.8 Å². The minimum absolute atomic E-state index is 0.0606. The van der Waals surface area contributed by atoms with Crippen LogP contribution in [-0.4, -0.2) is 57.0 Å². The van der Waals surface area contributed by atoms with Gasteiger partial charge in [-0.25, -0.2) is 0 Å². The van der Waals surface area contributed by atoms with Crippen LogP contribution in [-0.2, 0) is 14.3 Å². The molecule has 9 heteroatoms. The van der Waals surface area contributed by atoms with Crippen LogP contribution in [0.2, 0.25) is 0 Å². The van der Waals surface area contributed by atoms with E-state index in [0.717, 1.165) is 12.1 Å². The van der Waals surface area contributed by atoms with E-state index in [-0.39, 0.29) is 23.9 Å². The van der Waals surface area contributed by atoms with Crippen LogP contribution in [0.25, 0.3) is 0 Å². The van der Waals surface area contributed by atoms with Gasteiger partial charge in [0.25, 0.3) is 11.8 Å². The maximum absolute atomic E-state index is 12.2. The van der Waals surface area contributed by atoms with Crippen molar-refractivity contribution < 1.29 is 19.1 Å². The Morgan fingerprint density at radius 2 is 1.87 bits per heavy atom. The van der Waals surface area contributed by atoms with Crippen LogP contribution in [0.1, 0.15) is 42.1 Å². The predicted octanol–water partition coefficient (Wildman–Crippen LogP) is 2.55. The third kappa shape index (κ3) is 11.5. The Labute approximate surface area is 187 Å². The summed E-state index contributed by atoms with van der Waals surface area (Å²) in [6.45, 7) is 7.67. The summed E-state index contributed by atoms with van der Waals surface area (Å²) in [6.07, 6.45) is 1.98. The summed E-state index contributed by atoms with van der Waals surface area (Å²) in [4.78, 5) is 23.6. The molecule has 1 aromatic rings. The van der Waals surface area contributed by atoms with Gasteiger partial charge in [-0.3, -0.25) is 14.9 Å². The molecule has 0 aliphatic carbocycles. The minimum atomic E-state index is -0.284. The summed E-state index contributed by atoms with van der Waals surface area (Å²) in [7, 11) is 3.17. The molecule has 0 aliphatic heterocycles. The van der Waals surface area contributed by atoms with Crippen molar-refractivity contribution in [1.29, 1.82) is 0 Å². The van der Waals surface area contributed by atoms with Crippen molar-refractivity contribution in [3.05, 3.63) is 35.4 Å². The van der Waals surface area contributed by atoms with E-state index in [1.807, 2.05) is 18.4 Å². The average molecular weight is 454 g/mol. The molecule has 0 radical (unpaired) electrons. The standard InChI is InChI=1S/C21H31N3O4S2/c1-5-10-23-19(25)15-27-13-14-28-21(30-29-4)18-8-6-17(7-9-18)20(26)24-12-11-22-16(2)3/h6-9,16,21-22H,11-15H2,1-4H3,(H,23,25)(H,24,26). The molecule has 1 unspecified atom stereocenters.